The zero-order valence-corrected chi connectivity index (χ0v) is 10.5. The largest absolute Gasteiger partial charge is 0.468 e. The second kappa shape index (κ2) is 4.97. The topological polar surface area (TPSA) is 29.5 Å². The number of likely N-dealkylation sites (N-methyl/N-ethyl adjacent to an activating group) is 1. The molecule has 0 aromatic heterocycles. The number of rotatable bonds is 5. The van der Waals surface area contributed by atoms with E-state index < -0.39 is 0 Å². The van der Waals surface area contributed by atoms with Gasteiger partial charge in [0, 0.05) is 6.04 Å². The highest BCUT2D eigenvalue weighted by atomic mass is 16.5. The van der Waals surface area contributed by atoms with Gasteiger partial charge in [0.2, 0.25) is 0 Å². The fraction of sp³-hybridized carbons (Fsp3) is 0.917. The highest BCUT2D eigenvalue weighted by Crippen LogP contribution is 2.36. The number of nitrogens with zero attached hydrogens (tertiary/aromatic N) is 1. The summed E-state index contributed by atoms with van der Waals surface area (Å²) in [6, 6.07) is 0.377. The van der Waals surface area contributed by atoms with Crippen LogP contribution < -0.4 is 0 Å². The zero-order valence-electron chi connectivity index (χ0n) is 10.5. The molecular formula is C12H23NO2. The van der Waals surface area contributed by atoms with Crippen LogP contribution in [0, 0.1) is 11.8 Å². The standard InChI is InChI=1S/C12H23NO2/c1-8(2)9(3)13(4)11(10-6-7-10)12(14)15-5/h8-11H,6-7H2,1-5H3. The highest BCUT2D eigenvalue weighted by Gasteiger charge is 2.41. The van der Waals surface area contributed by atoms with Gasteiger partial charge in [-0.1, -0.05) is 13.8 Å². The summed E-state index contributed by atoms with van der Waals surface area (Å²) in [5.74, 6) is 0.997. The van der Waals surface area contributed by atoms with Crippen LogP contribution in [0.4, 0.5) is 0 Å². The molecule has 0 radical (unpaired) electrons. The summed E-state index contributed by atoms with van der Waals surface area (Å²) >= 11 is 0. The maximum Gasteiger partial charge on any atom is 0.323 e. The summed E-state index contributed by atoms with van der Waals surface area (Å²) in [7, 11) is 3.51. The number of carbonyl (C=O) groups is 1. The highest BCUT2D eigenvalue weighted by molar-refractivity contribution is 5.76. The van der Waals surface area contributed by atoms with E-state index in [1.165, 1.54) is 7.11 Å². The summed E-state index contributed by atoms with van der Waals surface area (Å²) in [5.41, 5.74) is 0. The number of hydrogen-bond acceptors (Lipinski definition) is 3. The molecule has 15 heavy (non-hydrogen) atoms. The van der Waals surface area contributed by atoms with Crippen molar-refractivity contribution in [3.05, 3.63) is 0 Å². The molecule has 1 saturated carbocycles. The van der Waals surface area contributed by atoms with Gasteiger partial charge in [0.15, 0.2) is 0 Å². The van der Waals surface area contributed by atoms with Crippen molar-refractivity contribution in [3.8, 4) is 0 Å². The molecule has 0 amide bonds. The first kappa shape index (κ1) is 12.5. The molecule has 2 unspecified atom stereocenters. The Bertz CT molecular complexity index is 224. The Balaban J connectivity index is 2.66. The molecule has 0 bridgehead atoms. The van der Waals surface area contributed by atoms with Gasteiger partial charge in [0.05, 0.1) is 7.11 Å². The normalized spacial score (nSPS) is 20.5. The van der Waals surface area contributed by atoms with Crippen LogP contribution in [0.5, 0.6) is 0 Å². The first-order valence-electron chi connectivity index (χ1n) is 5.78. The Morgan fingerprint density at radius 1 is 1.33 bits per heavy atom. The SMILES string of the molecule is COC(=O)C(C1CC1)N(C)C(C)C(C)C. The molecule has 0 saturated heterocycles. The molecule has 2 atom stereocenters. The lowest BCUT2D eigenvalue weighted by atomic mass is 10.0. The van der Waals surface area contributed by atoms with Crippen molar-refractivity contribution in [2.75, 3.05) is 14.2 Å². The molecule has 0 aromatic rings. The van der Waals surface area contributed by atoms with Crippen molar-refractivity contribution >= 4 is 5.97 Å². The Hall–Kier alpha value is -0.570. The monoisotopic (exact) mass is 213 g/mol. The summed E-state index contributed by atoms with van der Waals surface area (Å²) in [6.45, 7) is 6.54. The van der Waals surface area contributed by atoms with E-state index >= 15 is 0 Å². The van der Waals surface area contributed by atoms with Crippen LogP contribution in [-0.2, 0) is 9.53 Å². The quantitative estimate of drug-likeness (QED) is 0.653. The van der Waals surface area contributed by atoms with E-state index in [1.807, 2.05) is 7.05 Å². The van der Waals surface area contributed by atoms with Crippen molar-refractivity contribution in [1.29, 1.82) is 0 Å². The molecule has 88 valence electrons. The minimum Gasteiger partial charge on any atom is -0.468 e. The Kier molecular flexibility index (Phi) is 4.14. The molecule has 1 rings (SSSR count). The minimum atomic E-state index is -0.0764. The van der Waals surface area contributed by atoms with Crippen LogP contribution in [-0.4, -0.2) is 37.1 Å². The third-order valence-electron chi connectivity index (χ3n) is 3.56. The predicted molar refractivity (Wildman–Crippen MR) is 60.6 cm³/mol. The number of carbonyl (C=O) groups excluding carboxylic acids is 1. The fourth-order valence-electron chi connectivity index (χ4n) is 1.95. The average Bonchev–Trinajstić information content (AvgIpc) is 3.00. The molecule has 3 heteroatoms. The van der Waals surface area contributed by atoms with Gasteiger partial charge in [0.1, 0.15) is 6.04 Å². The van der Waals surface area contributed by atoms with E-state index in [-0.39, 0.29) is 12.0 Å². The summed E-state index contributed by atoms with van der Waals surface area (Å²) in [4.78, 5) is 13.9. The van der Waals surface area contributed by atoms with Gasteiger partial charge >= 0.3 is 5.97 Å². The Labute approximate surface area is 92.8 Å². The third kappa shape index (κ3) is 2.94. The van der Waals surface area contributed by atoms with E-state index in [0.717, 1.165) is 12.8 Å². The summed E-state index contributed by atoms with van der Waals surface area (Å²) in [6.07, 6.45) is 2.32. The second-order valence-electron chi connectivity index (χ2n) is 4.96. The summed E-state index contributed by atoms with van der Waals surface area (Å²) < 4.78 is 4.88. The number of ether oxygens (including phenoxy) is 1. The van der Waals surface area contributed by atoms with Gasteiger partial charge in [-0.05, 0) is 38.6 Å². The van der Waals surface area contributed by atoms with E-state index in [0.29, 0.717) is 17.9 Å². The molecule has 0 heterocycles. The van der Waals surface area contributed by atoms with E-state index in [9.17, 15) is 4.79 Å². The van der Waals surface area contributed by atoms with Crippen LogP contribution in [0.2, 0.25) is 0 Å². The van der Waals surface area contributed by atoms with E-state index in [2.05, 4.69) is 25.7 Å². The molecule has 0 aliphatic heterocycles. The van der Waals surface area contributed by atoms with Crippen LogP contribution in [0.15, 0.2) is 0 Å². The first-order valence-corrected chi connectivity index (χ1v) is 5.78. The second-order valence-corrected chi connectivity index (χ2v) is 4.96. The molecule has 0 spiro atoms. The van der Waals surface area contributed by atoms with E-state index in [4.69, 9.17) is 4.74 Å². The molecule has 3 nitrogen and oxygen atoms in total. The fourth-order valence-corrected chi connectivity index (χ4v) is 1.95. The van der Waals surface area contributed by atoms with Crippen molar-refractivity contribution < 1.29 is 9.53 Å². The van der Waals surface area contributed by atoms with Crippen LogP contribution in [0.3, 0.4) is 0 Å². The Morgan fingerprint density at radius 2 is 1.87 bits per heavy atom. The number of methoxy groups -OCH3 is 1. The molecule has 0 N–H and O–H groups in total. The molecule has 1 aliphatic carbocycles. The van der Waals surface area contributed by atoms with Gasteiger partial charge < -0.3 is 4.74 Å². The third-order valence-corrected chi connectivity index (χ3v) is 3.56. The van der Waals surface area contributed by atoms with Gasteiger partial charge in [-0.15, -0.1) is 0 Å². The minimum absolute atomic E-state index is 0.0348. The van der Waals surface area contributed by atoms with E-state index in [1.54, 1.807) is 0 Å². The van der Waals surface area contributed by atoms with Crippen LogP contribution in [0.25, 0.3) is 0 Å². The molecular weight excluding hydrogens is 190 g/mol. The van der Waals surface area contributed by atoms with Crippen LogP contribution in [0.1, 0.15) is 33.6 Å². The molecule has 1 aliphatic rings. The zero-order chi connectivity index (χ0) is 11.6. The average molecular weight is 213 g/mol. The van der Waals surface area contributed by atoms with Crippen LogP contribution >= 0.6 is 0 Å². The predicted octanol–water partition coefficient (Wildman–Crippen LogP) is 1.91. The van der Waals surface area contributed by atoms with Gasteiger partial charge in [-0.2, -0.15) is 0 Å². The number of esters is 1. The lowest BCUT2D eigenvalue weighted by molar-refractivity contribution is -0.148. The smallest absolute Gasteiger partial charge is 0.323 e. The van der Waals surface area contributed by atoms with Gasteiger partial charge in [0.25, 0.3) is 0 Å². The lowest BCUT2D eigenvalue weighted by Gasteiger charge is -2.33. The van der Waals surface area contributed by atoms with Gasteiger partial charge in [-0.25, -0.2) is 0 Å². The van der Waals surface area contributed by atoms with Gasteiger partial charge in [-0.3, -0.25) is 9.69 Å². The first-order chi connectivity index (χ1) is 6.99. The lowest BCUT2D eigenvalue weighted by Crippen LogP contribution is -2.47. The van der Waals surface area contributed by atoms with Crippen molar-refractivity contribution in [1.82, 2.24) is 4.90 Å². The maximum atomic E-state index is 11.7. The Morgan fingerprint density at radius 3 is 2.20 bits per heavy atom. The van der Waals surface area contributed by atoms with Crippen molar-refractivity contribution in [2.24, 2.45) is 11.8 Å². The number of hydrogen-bond donors (Lipinski definition) is 0. The van der Waals surface area contributed by atoms with Crippen molar-refractivity contribution in [3.63, 3.8) is 0 Å². The molecule has 0 aromatic carbocycles. The summed E-state index contributed by atoms with van der Waals surface area (Å²) in [5, 5.41) is 0. The molecule has 1 fully saturated rings. The maximum absolute atomic E-state index is 11.7. The van der Waals surface area contributed by atoms with Crippen molar-refractivity contribution in [2.45, 2.75) is 45.7 Å².